The number of hydrogen-bond donors (Lipinski definition) is 1. The van der Waals surface area contributed by atoms with Crippen LogP contribution in [0.3, 0.4) is 0 Å². The van der Waals surface area contributed by atoms with Gasteiger partial charge in [-0.25, -0.2) is 0 Å². The second kappa shape index (κ2) is 3.58. The van der Waals surface area contributed by atoms with Crippen molar-refractivity contribution >= 4 is 0 Å². The van der Waals surface area contributed by atoms with Crippen LogP contribution in [0, 0.1) is 5.92 Å². The smallest absolute Gasteiger partial charge is 0.0619 e. The fourth-order valence-electron chi connectivity index (χ4n) is 2.30. The molecule has 2 nitrogen and oxygen atoms in total. The number of ether oxygens (including phenoxy) is 1. The summed E-state index contributed by atoms with van der Waals surface area (Å²) in [5, 5.41) is 3.73. The third-order valence-electron chi connectivity index (χ3n) is 3.33. The van der Waals surface area contributed by atoms with Crippen LogP contribution < -0.4 is 5.32 Å². The third kappa shape index (κ3) is 2.44. The van der Waals surface area contributed by atoms with Gasteiger partial charge in [0.2, 0.25) is 0 Å². The van der Waals surface area contributed by atoms with Gasteiger partial charge in [-0.15, -0.1) is 0 Å². The first-order chi connectivity index (χ1) is 6.18. The summed E-state index contributed by atoms with van der Waals surface area (Å²) in [6, 6.07) is 0.601. The molecular weight excluding hydrogens is 162 g/mol. The van der Waals surface area contributed by atoms with Crippen molar-refractivity contribution in [2.45, 2.75) is 51.1 Å². The summed E-state index contributed by atoms with van der Waals surface area (Å²) in [5.74, 6) is 0.912. The molecule has 2 rings (SSSR count). The Morgan fingerprint density at radius 3 is 2.54 bits per heavy atom. The van der Waals surface area contributed by atoms with Crippen molar-refractivity contribution in [3.05, 3.63) is 0 Å². The maximum absolute atomic E-state index is 5.47. The molecule has 2 heteroatoms. The highest BCUT2D eigenvalue weighted by Crippen LogP contribution is 2.39. The van der Waals surface area contributed by atoms with Gasteiger partial charge in [0.05, 0.1) is 6.61 Å². The summed E-state index contributed by atoms with van der Waals surface area (Å²) < 4.78 is 5.47. The average Bonchev–Trinajstić information content (AvgIpc) is 2.87. The second-order valence-electron chi connectivity index (χ2n) is 5.05. The molecule has 1 N–H and O–H groups in total. The van der Waals surface area contributed by atoms with Crippen molar-refractivity contribution in [3.8, 4) is 0 Å². The Balaban J connectivity index is 1.80. The van der Waals surface area contributed by atoms with Gasteiger partial charge >= 0.3 is 0 Å². The minimum absolute atomic E-state index is 0.339. The predicted octanol–water partition coefficient (Wildman–Crippen LogP) is 1.94. The predicted molar refractivity (Wildman–Crippen MR) is 53.8 cm³/mol. The molecule has 1 aliphatic heterocycles. The van der Waals surface area contributed by atoms with Crippen molar-refractivity contribution in [3.63, 3.8) is 0 Å². The maximum atomic E-state index is 5.47. The summed E-state index contributed by atoms with van der Waals surface area (Å²) in [6.45, 7) is 6.54. The molecule has 1 saturated carbocycles. The van der Waals surface area contributed by atoms with E-state index in [4.69, 9.17) is 4.74 Å². The molecule has 76 valence electrons. The molecule has 1 heterocycles. The lowest BCUT2D eigenvalue weighted by Crippen LogP contribution is -2.50. The van der Waals surface area contributed by atoms with Crippen molar-refractivity contribution < 1.29 is 4.74 Å². The van der Waals surface area contributed by atoms with E-state index in [1.165, 1.54) is 25.7 Å². The fourth-order valence-corrected chi connectivity index (χ4v) is 2.30. The van der Waals surface area contributed by atoms with Crippen LogP contribution in [0.25, 0.3) is 0 Å². The van der Waals surface area contributed by atoms with E-state index in [-0.39, 0.29) is 0 Å². The Kier molecular flexibility index (Phi) is 2.61. The van der Waals surface area contributed by atoms with Crippen LogP contribution in [0.4, 0.5) is 0 Å². The highest BCUT2D eigenvalue weighted by Gasteiger charge is 2.38. The monoisotopic (exact) mass is 183 g/mol. The molecule has 1 atom stereocenters. The van der Waals surface area contributed by atoms with Crippen molar-refractivity contribution in [2.24, 2.45) is 5.92 Å². The third-order valence-corrected chi connectivity index (χ3v) is 3.33. The minimum atomic E-state index is 0.339. The number of rotatable bonds is 3. The highest BCUT2D eigenvalue weighted by atomic mass is 16.5. The lowest BCUT2D eigenvalue weighted by Gasteiger charge is -2.34. The summed E-state index contributed by atoms with van der Waals surface area (Å²) in [6.07, 6.45) is 5.33. The van der Waals surface area contributed by atoms with Crippen LogP contribution in [0.1, 0.15) is 39.5 Å². The summed E-state index contributed by atoms with van der Waals surface area (Å²) >= 11 is 0. The molecule has 2 aliphatic rings. The van der Waals surface area contributed by atoms with Crippen LogP contribution in [-0.4, -0.2) is 24.8 Å². The first-order valence-electron chi connectivity index (χ1n) is 5.54. The molecule has 0 amide bonds. The van der Waals surface area contributed by atoms with E-state index in [9.17, 15) is 0 Å². The van der Waals surface area contributed by atoms with E-state index < -0.39 is 0 Å². The summed E-state index contributed by atoms with van der Waals surface area (Å²) in [5.41, 5.74) is 0.339. The molecule has 0 aromatic rings. The Bertz CT molecular complexity index is 169. The summed E-state index contributed by atoms with van der Waals surface area (Å²) in [4.78, 5) is 0. The molecule has 0 radical (unpaired) electrons. The van der Waals surface area contributed by atoms with Gasteiger partial charge in [0.1, 0.15) is 0 Å². The second-order valence-corrected chi connectivity index (χ2v) is 5.05. The van der Waals surface area contributed by atoms with Gasteiger partial charge < -0.3 is 10.1 Å². The van der Waals surface area contributed by atoms with Gasteiger partial charge in [-0.1, -0.05) is 0 Å². The SMILES string of the molecule is CC(C)(NC1CCCOC1)C1CC1. The van der Waals surface area contributed by atoms with Crippen LogP contribution in [0.2, 0.25) is 0 Å². The molecule has 1 saturated heterocycles. The van der Waals surface area contributed by atoms with E-state index in [2.05, 4.69) is 19.2 Å². The molecule has 1 unspecified atom stereocenters. The molecule has 2 fully saturated rings. The molecule has 0 aromatic carbocycles. The van der Waals surface area contributed by atoms with Crippen molar-refractivity contribution in [1.29, 1.82) is 0 Å². The minimum Gasteiger partial charge on any atom is -0.380 e. The van der Waals surface area contributed by atoms with Crippen LogP contribution in [0.15, 0.2) is 0 Å². The molecule has 0 aromatic heterocycles. The van der Waals surface area contributed by atoms with Crippen LogP contribution in [-0.2, 0) is 4.74 Å². The fraction of sp³-hybridized carbons (Fsp3) is 1.00. The number of nitrogens with one attached hydrogen (secondary N) is 1. The van der Waals surface area contributed by atoms with Crippen LogP contribution in [0.5, 0.6) is 0 Å². The summed E-state index contributed by atoms with van der Waals surface area (Å²) in [7, 11) is 0. The highest BCUT2D eigenvalue weighted by molar-refractivity contribution is 4.96. The largest absolute Gasteiger partial charge is 0.380 e. The van der Waals surface area contributed by atoms with E-state index in [0.717, 1.165) is 19.1 Å². The van der Waals surface area contributed by atoms with E-state index in [1.54, 1.807) is 0 Å². The Morgan fingerprint density at radius 2 is 2.00 bits per heavy atom. The molecule has 1 aliphatic carbocycles. The van der Waals surface area contributed by atoms with E-state index in [0.29, 0.717) is 11.6 Å². The first kappa shape index (κ1) is 9.47. The zero-order valence-electron chi connectivity index (χ0n) is 8.81. The van der Waals surface area contributed by atoms with Gasteiger partial charge in [0, 0.05) is 18.2 Å². The molecular formula is C11H21NO. The lowest BCUT2D eigenvalue weighted by molar-refractivity contribution is 0.0581. The van der Waals surface area contributed by atoms with Gasteiger partial charge in [0.25, 0.3) is 0 Å². The van der Waals surface area contributed by atoms with Gasteiger partial charge in [-0.2, -0.15) is 0 Å². The Hall–Kier alpha value is -0.0800. The zero-order chi connectivity index (χ0) is 9.31. The zero-order valence-corrected chi connectivity index (χ0v) is 8.81. The van der Waals surface area contributed by atoms with Crippen LogP contribution >= 0.6 is 0 Å². The van der Waals surface area contributed by atoms with Crippen molar-refractivity contribution in [2.75, 3.05) is 13.2 Å². The van der Waals surface area contributed by atoms with E-state index in [1.807, 2.05) is 0 Å². The normalized spacial score (nSPS) is 30.5. The molecule has 13 heavy (non-hydrogen) atoms. The van der Waals surface area contributed by atoms with Gasteiger partial charge in [0.15, 0.2) is 0 Å². The Labute approximate surface area is 81.0 Å². The first-order valence-corrected chi connectivity index (χ1v) is 5.54. The van der Waals surface area contributed by atoms with Gasteiger partial charge in [-0.05, 0) is 45.4 Å². The molecule has 0 bridgehead atoms. The quantitative estimate of drug-likeness (QED) is 0.722. The maximum Gasteiger partial charge on any atom is 0.0619 e. The topological polar surface area (TPSA) is 21.3 Å². The van der Waals surface area contributed by atoms with Crippen molar-refractivity contribution in [1.82, 2.24) is 5.32 Å². The average molecular weight is 183 g/mol. The molecule has 0 spiro atoms. The Morgan fingerprint density at radius 1 is 1.23 bits per heavy atom. The van der Waals surface area contributed by atoms with E-state index >= 15 is 0 Å². The van der Waals surface area contributed by atoms with Gasteiger partial charge in [-0.3, -0.25) is 0 Å². The lowest BCUT2D eigenvalue weighted by atomic mass is 9.96. The standard InChI is InChI=1S/C11H21NO/c1-11(2,9-5-6-9)12-10-4-3-7-13-8-10/h9-10,12H,3-8H2,1-2H3. The number of hydrogen-bond acceptors (Lipinski definition) is 2.